The normalized spacial score (nSPS) is 12.7. The Morgan fingerprint density at radius 1 is 0.939 bits per heavy atom. The molecule has 174 valence electrons. The molecule has 5 heteroatoms. The van der Waals surface area contributed by atoms with Gasteiger partial charge in [0.05, 0.1) is 19.3 Å². The molecule has 0 aliphatic heterocycles. The molecule has 5 nitrogen and oxygen atoms in total. The van der Waals surface area contributed by atoms with Crippen molar-refractivity contribution in [2.45, 2.75) is 44.9 Å². The molecule has 0 saturated carbocycles. The molecule has 33 heavy (non-hydrogen) atoms. The lowest BCUT2D eigenvalue weighted by Gasteiger charge is -2.25. The van der Waals surface area contributed by atoms with Crippen molar-refractivity contribution in [2.24, 2.45) is 0 Å². The minimum Gasteiger partial charge on any atom is -0.497 e. The maximum Gasteiger partial charge on any atom is 0.251 e. The molecule has 3 rings (SSSR count). The zero-order valence-electron chi connectivity index (χ0n) is 19.5. The van der Waals surface area contributed by atoms with Crippen molar-refractivity contribution in [1.82, 2.24) is 10.6 Å². The molecule has 2 atom stereocenters. The molecule has 0 aliphatic carbocycles. The van der Waals surface area contributed by atoms with Crippen LogP contribution in [0.15, 0.2) is 78.9 Å². The monoisotopic (exact) mass is 446 g/mol. The van der Waals surface area contributed by atoms with Crippen LogP contribution in [0.4, 0.5) is 0 Å². The van der Waals surface area contributed by atoms with E-state index in [0.29, 0.717) is 25.1 Å². The van der Waals surface area contributed by atoms with Crippen LogP contribution in [0.3, 0.4) is 0 Å². The van der Waals surface area contributed by atoms with Crippen molar-refractivity contribution in [1.29, 1.82) is 0 Å². The van der Waals surface area contributed by atoms with Crippen LogP contribution in [0.5, 0.6) is 5.75 Å². The van der Waals surface area contributed by atoms with Gasteiger partial charge < -0.3 is 20.5 Å². The first kappa shape index (κ1) is 24.5. The van der Waals surface area contributed by atoms with Crippen molar-refractivity contribution in [3.05, 3.63) is 101 Å². The Balaban J connectivity index is 1.66. The summed E-state index contributed by atoms with van der Waals surface area (Å²) in [5.74, 6) is 0.634. The van der Waals surface area contributed by atoms with Crippen molar-refractivity contribution in [3.8, 4) is 5.75 Å². The van der Waals surface area contributed by atoms with Crippen molar-refractivity contribution in [2.75, 3.05) is 13.7 Å². The van der Waals surface area contributed by atoms with Gasteiger partial charge in [0.2, 0.25) is 0 Å². The molecule has 0 heterocycles. The van der Waals surface area contributed by atoms with Gasteiger partial charge in [-0.1, -0.05) is 67.9 Å². The first-order valence-corrected chi connectivity index (χ1v) is 11.5. The number of nitrogens with one attached hydrogen (secondary N) is 2. The lowest BCUT2D eigenvalue weighted by Crippen LogP contribution is -2.48. The summed E-state index contributed by atoms with van der Waals surface area (Å²) in [6.07, 6.45) is 1.76. The molecule has 3 aromatic rings. The summed E-state index contributed by atoms with van der Waals surface area (Å²) >= 11 is 0. The van der Waals surface area contributed by atoms with Gasteiger partial charge in [-0.15, -0.1) is 0 Å². The molecule has 0 fully saturated rings. The van der Waals surface area contributed by atoms with E-state index in [1.807, 2.05) is 78.9 Å². The molecule has 3 N–H and O–H groups in total. The highest BCUT2D eigenvalue weighted by Gasteiger charge is 2.22. The van der Waals surface area contributed by atoms with E-state index in [9.17, 15) is 9.90 Å². The molecule has 0 aromatic heterocycles. The third kappa shape index (κ3) is 7.74. The van der Waals surface area contributed by atoms with Crippen LogP contribution in [0.2, 0.25) is 0 Å². The average molecular weight is 447 g/mol. The maximum atomic E-state index is 13.0. The molecular weight excluding hydrogens is 412 g/mol. The number of aliphatic hydroxyl groups excluding tert-OH is 1. The summed E-state index contributed by atoms with van der Waals surface area (Å²) < 4.78 is 5.27. The van der Waals surface area contributed by atoms with Gasteiger partial charge in [0.25, 0.3) is 5.91 Å². The summed E-state index contributed by atoms with van der Waals surface area (Å²) in [6, 6.07) is 25.0. The number of carbonyl (C=O) groups is 1. The van der Waals surface area contributed by atoms with Crippen LogP contribution in [-0.2, 0) is 19.4 Å². The standard InChI is InChI=1S/C28H34N2O3/c1-3-9-21-12-7-14-24(16-21)28(32)30-26(18-22-10-5-4-6-11-22)27(31)20-29-19-23-13-8-15-25(17-23)33-2/h4-8,10-17,26-27,29,31H,3,9,18-20H2,1-2H3,(H,30,32)/t26-,27+/m0/s1. The van der Waals surface area contributed by atoms with Crippen LogP contribution in [0.25, 0.3) is 0 Å². The molecular formula is C28H34N2O3. The van der Waals surface area contributed by atoms with Crippen molar-refractivity contribution < 1.29 is 14.6 Å². The minimum absolute atomic E-state index is 0.166. The third-order valence-corrected chi connectivity index (χ3v) is 5.62. The van der Waals surface area contributed by atoms with Gasteiger partial charge in [0.1, 0.15) is 5.75 Å². The fourth-order valence-electron chi connectivity index (χ4n) is 3.85. The van der Waals surface area contributed by atoms with Gasteiger partial charge in [-0.3, -0.25) is 4.79 Å². The number of rotatable bonds is 12. The number of hydrogen-bond donors (Lipinski definition) is 3. The molecule has 0 bridgehead atoms. The summed E-state index contributed by atoms with van der Waals surface area (Å²) in [5, 5.41) is 17.4. The number of aryl methyl sites for hydroxylation is 1. The maximum absolute atomic E-state index is 13.0. The van der Waals surface area contributed by atoms with Gasteiger partial charge in [-0.25, -0.2) is 0 Å². The van der Waals surface area contributed by atoms with E-state index in [2.05, 4.69) is 17.6 Å². The van der Waals surface area contributed by atoms with Crippen LogP contribution in [0, 0.1) is 0 Å². The predicted molar refractivity (Wildman–Crippen MR) is 133 cm³/mol. The van der Waals surface area contributed by atoms with E-state index in [1.165, 1.54) is 0 Å². The van der Waals surface area contributed by atoms with E-state index in [-0.39, 0.29) is 5.91 Å². The number of amides is 1. The Morgan fingerprint density at radius 3 is 2.42 bits per heavy atom. The molecule has 0 saturated heterocycles. The second-order valence-electron chi connectivity index (χ2n) is 8.27. The second kappa shape index (κ2) is 12.8. The lowest BCUT2D eigenvalue weighted by atomic mass is 10.00. The largest absolute Gasteiger partial charge is 0.497 e. The Labute approximate surface area is 196 Å². The van der Waals surface area contributed by atoms with Crippen molar-refractivity contribution >= 4 is 5.91 Å². The zero-order chi connectivity index (χ0) is 23.5. The second-order valence-corrected chi connectivity index (χ2v) is 8.27. The van der Waals surface area contributed by atoms with E-state index in [0.717, 1.165) is 35.3 Å². The molecule has 0 unspecified atom stereocenters. The Hall–Kier alpha value is -3.15. The SMILES string of the molecule is CCCc1cccc(C(=O)N[C@@H](Cc2ccccc2)[C@H](O)CNCc2cccc(OC)c2)c1. The average Bonchev–Trinajstić information content (AvgIpc) is 2.84. The highest BCUT2D eigenvalue weighted by atomic mass is 16.5. The molecule has 0 radical (unpaired) electrons. The molecule has 1 amide bonds. The number of aliphatic hydroxyl groups is 1. The van der Waals surface area contributed by atoms with Crippen LogP contribution >= 0.6 is 0 Å². The van der Waals surface area contributed by atoms with Gasteiger partial charge in [-0.2, -0.15) is 0 Å². The van der Waals surface area contributed by atoms with E-state index in [1.54, 1.807) is 7.11 Å². The minimum atomic E-state index is -0.751. The van der Waals surface area contributed by atoms with E-state index in [4.69, 9.17) is 4.74 Å². The summed E-state index contributed by atoms with van der Waals surface area (Å²) in [6.45, 7) is 3.07. The summed E-state index contributed by atoms with van der Waals surface area (Å²) in [4.78, 5) is 13.0. The summed E-state index contributed by atoms with van der Waals surface area (Å²) in [7, 11) is 1.64. The Kier molecular flexibility index (Phi) is 9.48. The fourth-order valence-corrected chi connectivity index (χ4v) is 3.85. The fraction of sp³-hybridized carbons (Fsp3) is 0.321. The molecule has 3 aromatic carbocycles. The predicted octanol–water partition coefficient (Wildman–Crippen LogP) is 4.14. The highest BCUT2D eigenvalue weighted by molar-refractivity contribution is 5.94. The number of ether oxygens (including phenoxy) is 1. The van der Waals surface area contributed by atoms with Crippen LogP contribution < -0.4 is 15.4 Å². The number of carbonyl (C=O) groups excluding carboxylic acids is 1. The Bertz CT molecular complexity index is 1010. The highest BCUT2D eigenvalue weighted by Crippen LogP contribution is 2.13. The molecule has 0 aliphatic rings. The summed E-state index contributed by atoms with van der Waals surface area (Å²) in [5.41, 5.74) is 3.90. The van der Waals surface area contributed by atoms with Crippen LogP contribution in [0.1, 0.15) is 40.4 Å². The topological polar surface area (TPSA) is 70.6 Å². The van der Waals surface area contributed by atoms with Gasteiger partial charge in [0, 0.05) is 18.7 Å². The van der Waals surface area contributed by atoms with Crippen LogP contribution in [-0.4, -0.2) is 36.8 Å². The first-order valence-electron chi connectivity index (χ1n) is 11.5. The zero-order valence-corrected chi connectivity index (χ0v) is 19.5. The van der Waals surface area contributed by atoms with Gasteiger partial charge in [0.15, 0.2) is 0 Å². The third-order valence-electron chi connectivity index (χ3n) is 5.62. The van der Waals surface area contributed by atoms with Gasteiger partial charge in [-0.05, 0) is 53.8 Å². The smallest absolute Gasteiger partial charge is 0.251 e. The number of methoxy groups -OCH3 is 1. The number of benzene rings is 3. The number of hydrogen-bond acceptors (Lipinski definition) is 4. The molecule has 0 spiro atoms. The van der Waals surface area contributed by atoms with E-state index < -0.39 is 12.1 Å². The van der Waals surface area contributed by atoms with Crippen molar-refractivity contribution in [3.63, 3.8) is 0 Å². The van der Waals surface area contributed by atoms with E-state index >= 15 is 0 Å². The van der Waals surface area contributed by atoms with Gasteiger partial charge >= 0.3 is 0 Å². The first-order chi connectivity index (χ1) is 16.1. The lowest BCUT2D eigenvalue weighted by molar-refractivity contribution is 0.0830. The quantitative estimate of drug-likeness (QED) is 0.391. The Morgan fingerprint density at radius 2 is 1.67 bits per heavy atom.